The molecule has 0 bridgehead atoms. The van der Waals surface area contributed by atoms with Crippen molar-refractivity contribution < 1.29 is 9.47 Å². The van der Waals surface area contributed by atoms with Gasteiger partial charge in [-0.3, -0.25) is 4.99 Å². The van der Waals surface area contributed by atoms with Crippen LogP contribution in [0.4, 0.5) is 0 Å². The number of aliphatic imine (C=N–C) groups is 1. The van der Waals surface area contributed by atoms with Gasteiger partial charge in [-0.15, -0.1) is 0 Å². The molecule has 1 saturated heterocycles. The van der Waals surface area contributed by atoms with E-state index in [1.165, 1.54) is 18.4 Å². The van der Waals surface area contributed by atoms with Gasteiger partial charge in [0.15, 0.2) is 5.96 Å². The fourth-order valence-corrected chi connectivity index (χ4v) is 3.07. The third-order valence-electron chi connectivity index (χ3n) is 4.49. The summed E-state index contributed by atoms with van der Waals surface area (Å²) in [7, 11) is 1.78. The average Bonchev–Trinajstić information content (AvgIpc) is 3.37. The Kier molecular flexibility index (Phi) is 5.41. The lowest BCUT2D eigenvalue weighted by Crippen LogP contribution is -2.46. The van der Waals surface area contributed by atoms with Gasteiger partial charge < -0.3 is 20.1 Å². The van der Waals surface area contributed by atoms with Crippen molar-refractivity contribution in [3.8, 4) is 0 Å². The second kappa shape index (κ2) is 7.51. The monoisotopic (exact) mass is 337 g/mol. The van der Waals surface area contributed by atoms with Crippen molar-refractivity contribution in [2.75, 3.05) is 40.0 Å². The molecule has 2 aliphatic rings. The molecule has 6 heteroatoms. The van der Waals surface area contributed by atoms with E-state index in [-0.39, 0.29) is 11.5 Å². The quantitative estimate of drug-likeness (QED) is 0.637. The van der Waals surface area contributed by atoms with Crippen molar-refractivity contribution in [1.82, 2.24) is 10.6 Å². The molecule has 2 N–H and O–H groups in total. The van der Waals surface area contributed by atoms with Gasteiger partial charge in [0.25, 0.3) is 0 Å². The minimum Gasteiger partial charge on any atom is -0.376 e. The van der Waals surface area contributed by atoms with E-state index in [1.54, 1.807) is 7.05 Å². The fourth-order valence-electron chi connectivity index (χ4n) is 2.88. The zero-order valence-electron chi connectivity index (χ0n) is 13.5. The molecule has 1 unspecified atom stereocenters. The normalized spacial score (nSPS) is 23.4. The smallest absolute Gasteiger partial charge is 0.191 e. The van der Waals surface area contributed by atoms with Crippen molar-refractivity contribution in [2.24, 2.45) is 4.99 Å². The predicted molar refractivity (Wildman–Crippen MR) is 92.3 cm³/mol. The van der Waals surface area contributed by atoms with Gasteiger partial charge in [0, 0.05) is 30.6 Å². The summed E-state index contributed by atoms with van der Waals surface area (Å²) in [6.07, 6.45) is 2.44. The number of guanidine groups is 1. The highest BCUT2D eigenvalue weighted by Gasteiger charge is 2.44. The zero-order valence-corrected chi connectivity index (χ0v) is 14.2. The summed E-state index contributed by atoms with van der Waals surface area (Å²) in [5.74, 6) is 0.799. The Bertz CT molecular complexity index is 555. The van der Waals surface area contributed by atoms with Crippen LogP contribution in [0.5, 0.6) is 0 Å². The molecule has 126 valence electrons. The van der Waals surface area contributed by atoms with Crippen LogP contribution in [0.25, 0.3) is 0 Å². The molecular formula is C17H24ClN3O2. The number of nitrogens with one attached hydrogen (secondary N) is 2. The molecule has 0 amide bonds. The van der Waals surface area contributed by atoms with Gasteiger partial charge in [-0.2, -0.15) is 0 Å². The molecule has 1 aliphatic heterocycles. The largest absolute Gasteiger partial charge is 0.376 e. The van der Waals surface area contributed by atoms with Crippen LogP contribution in [0.15, 0.2) is 29.3 Å². The molecule has 1 heterocycles. The standard InChI is InChI=1S/C17H24ClN3O2/c1-19-16(20-10-15-11-22-7-8-23-15)21-12-17(5-6-17)13-3-2-4-14(18)9-13/h2-4,9,15H,5-8,10-12H2,1H3,(H2,19,20,21). The van der Waals surface area contributed by atoms with E-state index in [0.717, 1.165) is 17.5 Å². The lowest BCUT2D eigenvalue weighted by molar-refractivity contribution is -0.0850. The zero-order chi connectivity index (χ0) is 16.1. The molecule has 0 aromatic heterocycles. The SMILES string of the molecule is CN=C(NCC1COCCO1)NCC1(c2cccc(Cl)c2)CC1. The van der Waals surface area contributed by atoms with E-state index >= 15 is 0 Å². The first-order valence-electron chi connectivity index (χ1n) is 8.12. The molecule has 1 saturated carbocycles. The molecule has 2 fully saturated rings. The van der Waals surface area contributed by atoms with E-state index in [1.807, 2.05) is 12.1 Å². The van der Waals surface area contributed by atoms with E-state index in [9.17, 15) is 0 Å². The third-order valence-corrected chi connectivity index (χ3v) is 4.73. The van der Waals surface area contributed by atoms with Crippen molar-refractivity contribution in [2.45, 2.75) is 24.4 Å². The van der Waals surface area contributed by atoms with E-state index in [0.29, 0.717) is 26.4 Å². The van der Waals surface area contributed by atoms with Gasteiger partial charge in [0.1, 0.15) is 0 Å². The summed E-state index contributed by atoms with van der Waals surface area (Å²) in [6, 6.07) is 8.16. The van der Waals surface area contributed by atoms with Crippen molar-refractivity contribution >= 4 is 17.6 Å². The van der Waals surface area contributed by atoms with Crippen molar-refractivity contribution in [1.29, 1.82) is 0 Å². The van der Waals surface area contributed by atoms with Crippen LogP contribution in [0.2, 0.25) is 5.02 Å². The van der Waals surface area contributed by atoms with Crippen LogP contribution in [-0.4, -0.2) is 52.0 Å². The lowest BCUT2D eigenvalue weighted by atomic mass is 9.96. The maximum Gasteiger partial charge on any atom is 0.191 e. The second-order valence-electron chi connectivity index (χ2n) is 6.17. The van der Waals surface area contributed by atoms with Crippen LogP contribution < -0.4 is 10.6 Å². The summed E-state index contributed by atoms with van der Waals surface area (Å²) >= 11 is 6.12. The highest BCUT2D eigenvalue weighted by Crippen LogP contribution is 2.48. The molecule has 23 heavy (non-hydrogen) atoms. The fraction of sp³-hybridized carbons (Fsp3) is 0.588. The summed E-state index contributed by atoms with van der Waals surface area (Å²) in [5, 5.41) is 7.54. The van der Waals surface area contributed by atoms with Crippen LogP contribution in [0, 0.1) is 0 Å². The van der Waals surface area contributed by atoms with E-state index in [2.05, 4.69) is 27.8 Å². The molecule has 1 atom stereocenters. The number of benzene rings is 1. The van der Waals surface area contributed by atoms with Gasteiger partial charge in [-0.05, 0) is 30.5 Å². The Balaban J connectivity index is 1.50. The Morgan fingerprint density at radius 2 is 2.22 bits per heavy atom. The molecule has 0 spiro atoms. The van der Waals surface area contributed by atoms with Crippen molar-refractivity contribution in [3.05, 3.63) is 34.9 Å². The van der Waals surface area contributed by atoms with Crippen molar-refractivity contribution in [3.63, 3.8) is 0 Å². The molecule has 1 aromatic carbocycles. The van der Waals surface area contributed by atoms with Crippen LogP contribution in [0.3, 0.4) is 0 Å². The number of hydrogen-bond donors (Lipinski definition) is 2. The average molecular weight is 338 g/mol. The topological polar surface area (TPSA) is 54.9 Å². The van der Waals surface area contributed by atoms with E-state index < -0.39 is 0 Å². The second-order valence-corrected chi connectivity index (χ2v) is 6.60. The molecule has 3 rings (SSSR count). The van der Waals surface area contributed by atoms with Gasteiger partial charge in [-0.1, -0.05) is 23.7 Å². The Labute approximate surface area is 142 Å². The molecule has 1 aliphatic carbocycles. The Hall–Kier alpha value is -1.30. The summed E-state index contributed by atoms with van der Waals surface area (Å²) in [5.41, 5.74) is 1.49. The first kappa shape index (κ1) is 16.6. The number of nitrogens with zero attached hydrogens (tertiary/aromatic N) is 1. The van der Waals surface area contributed by atoms with Gasteiger partial charge in [0.2, 0.25) is 0 Å². The van der Waals surface area contributed by atoms with E-state index in [4.69, 9.17) is 21.1 Å². The Morgan fingerprint density at radius 1 is 1.35 bits per heavy atom. The lowest BCUT2D eigenvalue weighted by Gasteiger charge is -2.24. The molecule has 0 radical (unpaired) electrons. The molecule has 1 aromatic rings. The summed E-state index contributed by atoms with van der Waals surface area (Å²) in [6.45, 7) is 3.54. The first-order chi connectivity index (χ1) is 11.2. The third kappa shape index (κ3) is 4.37. The first-order valence-corrected chi connectivity index (χ1v) is 8.50. The molecular weight excluding hydrogens is 314 g/mol. The number of ether oxygens (including phenoxy) is 2. The van der Waals surface area contributed by atoms with Gasteiger partial charge in [0.05, 0.1) is 25.9 Å². The number of hydrogen-bond acceptors (Lipinski definition) is 3. The molecule has 5 nitrogen and oxygen atoms in total. The van der Waals surface area contributed by atoms with Crippen LogP contribution >= 0.6 is 11.6 Å². The highest BCUT2D eigenvalue weighted by atomic mass is 35.5. The summed E-state index contributed by atoms with van der Waals surface area (Å²) < 4.78 is 11.0. The van der Waals surface area contributed by atoms with Gasteiger partial charge >= 0.3 is 0 Å². The maximum atomic E-state index is 6.12. The maximum absolute atomic E-state index is 6.12. The van der Waals surface area contributed by atoms with Crippen LogP contribution in [-0.2, 0) is 14.9 Å². The van der Waals surface area contributed by atoms with Crippen LogP contribution in [0.1, 0.15) is 18.4 Å². The predicted octanol–water partition coefficient (Wildman–Crippen LogP) is 1.95. The minimum absolute atomic E-state index is 0.0881. The minimum atomic E-state index is 0.0881. The highest BCUT2D eigenvalue weighted by molar-refractivity contribution is 6.30. The van der Waals surface area contributed by atoms with Gasteiger partial charge in [-0.25, -0.2) is 0 Å². The number of rotatable bonds is 5. The summed E-state index contributed by atoms with van der Waals surface area (Å²) in [4.78, 5) is 4.29. The number of halogens is 1. The Morgan fingerprint density at radius 3 is 2.87 bits per heavy atom.